The van der Waals surface area contributed by atoms with Gasteiger partial charge in [-0.05, 0) is 56.0 Å². The lowest BCUT2D eigenvalue weighted by molar-refractivity contribution is 0.0954. The van der Waals surface area contributed by atoms with Gasteiger partial charge in [0.25, 0.3) is 0 Å². The molecule has 174 valence electrons. The minimum absolute atomic E-state index is 0.222. The van der Waals surface area contributed by atoms with Crippen LogP contribution in [0, 0.1) is 18.7 Å². The van der Waals surface area contributed by atoms with Gasteiger partial charge in [0.05, 0.1) is 22.5 Å². The molecule has 3 rings (SSSR count). The first-order valence-electron chi connectivity index (χ1n) is 10.9. The van der Waals surface area contributed by atoms with Gasteiger partial charge in [-0.25, -0.2) is 17.8 Å². The van der Waals surface area contributed by atoms with Crippen LogP contribution < -0.4 is 0 Å². The molecule has 0 aliphatic rings. The Labute approximate surface area is 190 Å². The molecule has 8 heteroatoms. The monoisotopic (exact) mass is 461 g/mol. The summed E-state index contributed by atoms with van der Waals surface area (Å²) in [5.41, 5.74) is 2.38. The highest BCUT2D eigenvalue weighted by molar-refractivity contribution is 7.89. The number of imidazole rings is 1. The molecule has 0 bridgehead atoms. The average Bonchev–Trinajstić information content (AvgIpc) is 3.04. The summed E-state index contributed by atoms with van der Waals surface area (Å²) in [4.78, 5) is 4.68. The first-order valence-corrected chi connectivity index (χ1v) is 12.3. The first kappa shape index (κ1) is 24.4. The topological polar surface area (TPSA) is 64.4 Å². The van der Waals surface area contributed by atoms with E-state index in [1.807, 2.05) is 30.5 Å². The number of likely N-dealkylation sites (N-methyl/N-ethyl adjacent to an activating group) is 1. The zero-order chi connectivity index (χ0) is 23.5. The minimum atomic E-state index is -3.65. The van der Waals surface area contributed by atoms with Crippen LogP contribution in [0.2, 0.25) is 0 Å². The lowest BCUT2D eigenvalue weighted by atomic mass is 10.0. The van der Waals surface area contributed by atoms with Crippen LogP contribution in [0.3, 0.4) is 0 Å². The van der Waals surface area contributed by atoms with Crippen molar-refractivity contribution in [2.24, 2.45) is 5.92 Å². The van der Waals surface area contributed by atoms with Crippen LogP contribution in [0.15, 0.2) is 47.4 Å². The molecule has 0 radical (unpaired) electrons. The van der Waals surface area contributed by atoms with Gasteiger partial charge in [0.1, 0.15) is 11.6 Å². The lowest BCUT2D eigenvalue weighted by Crippen LogP contribution is -2.41. The Morgan fingerprint density at radius 1 is 1.16 bits per heavy atom. The number of hydrogen-bond acceptors (Lipinski definition) is 4. The summed E-state index contributed by atoms with van der Waals surface area (Å²) in [5, 5.41) is 0. The molecule has 0 amide bonds. The van der Waals surface area contributed by atoms with Gasteiger partial charge in [0.2, 0.25) is 10.0 Å². The third-order valence-corrected chi connectivity index (χ3v) is 7.54. The van der Waals surface area contributed by atoms with Crippen LogP contribution in [-0.2, 0) is 21.3 Å². The van der Waals surface area contributed by atoms with Crippen LogP contribution in [0.5, 0.6) is 0 Å². The second kappa shape index (κ2) is 10.1. The Morgan fingerprint density at radius 3 is 2.47 bits per heavy atom. The number of sulfonamides is 1. The van der Waals surface area contributed by atoms with Crippen molar-refractivity contribution in [1.82, 2.24) is 13.9 Å². The Kier molecular flexibility index (Phi) is 7.69. The van der Waals surface area contributed by atoms with Gasteiger partial charge >= 0.3 is 0 Å². The number of aryl methyl sites for hydroxylation is 1. The minimum Gasteiger partial charge on any atom is -0.380 e. The summed E-state index contributed by atoms with van der Waals surface area (Å²) in [6.07, 6.45) is 0.724. The second-order valence-electron chi connectivity index (χ2n) is 8.49. The highest BCUT2D eigenvalue weighted by atomic mass is 32.2. The molecule has 3 aromatic rings. The maximum Gasteiger partial charge on any atom is 0.243 e. The second-order valence-corrected chi connectivity index (χ2v) is 10.5. The molecule has 1 unspecified atom stereocenters. The van der Waals surface area contributed by atoms with Crippen molar-refractivity contribution in [3.8, 4) is 0 Å². The number of nitrogens with zero attached hydrogens (tertiary/aromatic N) is 3. The predicted molar refractivity (Wildman–Crippen MR) is 125 cm³/mol. The maximum atomic E-state index is 13.5. The first-order chi connectivity index (χ1) is 15.1. The van der Waals surface area contributed by atoms with E-state index in [0.717, 1.165) is 23.3 Å². The lowest BCUT2D eigenvalue weighted by Gasteiger charge is -2.28. The number of hydrogen-bond donors (Lipinski definition) is 0. The highest BCUT2D eigenvalue weighted by Gasteiger charge is 2.28. The number of fused-ring (bicyclic) bond motifs is 1. The molecule has 1 atom stereocenters. The molecule has 0 N–H and O–H groups in total. The zero-order valence-electron chi connectivity index (χ0n) is 19.4. The van der Waals surface area contributed by atoms with Crippen molar-refractivity contribution in [2.75, 3.05) is 20.3 Å². The number of benzene rings is 2. The molecule has 0 aliphatic carbocycles. The van der Waals surface area contributed by atoms with Gasteiger partial charge in [-0.2, -0.15) is 4.31 Å². The third-order valence-electron chi connectivity index (χ3n) is 5.61. The molecule has 2 aromatic carbocycles. The third kappa shape index (κ3) is 5.36. The fraction of sp³-hybridized carbons (Fsp3) is 0.458. The quantitative estimate of drug-likeness (QED) is 0.443. The molecule has 0 aliphatic heterocycles. The molecule has 6 nitrogen and oxygen atoms in total. The van der Waals surface area contributed by atoms with E-state index in [1.54, 1.807) is 25.2 Å². The Morgan fingerprint density at radius 2 is 1.84 bits per heavy atom. The molecule has 0 spiro atoms. The van der Waals surface area contributed by atoms with Gasteiger partial charge in [0.15, 0.2) is 0 Å². The van der Waals surface area contributed by atoms with E-state index in [9.17, 15) is 12.8 Å². The van der Waals surface area contributed by atoms with E-state index in [0.29, 0.717) is 31.2 Å². The fourth-order valence-corrected chi connectivity index (χ4v) is 5.21. The number of ether oxygens (including phenoxy) is 1. The predicted octanol–water partition coefficient (Wildman–Crippen LogP) is 4.60. The zero-order valence-corrected chi connectivity index (χ0v) is 20.2. The van der Waals surface area contributed by atoms with Crippen molar-refractivity contribution < 1.29 is 17.5 Å². The van der Waals surface area contributed by atoms with Crippen molar-refractivity contribution in [1.29, 1.82) is 0 Å². The van der Waals surface area contributed by atoms with Crippen LogP contribution in [0.25, 0.3) is 11.0 Å². The number of rotatable bonds is 10. The molecule has 0 saturated heterocycles. The van der Waals surface area contributed by atoms with Gasteiger partial charge in [0, 0.05) is 32.3 Å². The van der Waals surface area contributed by atoms with E-state index in [1.165, 1.54) is 16.4 Å². The number of aromatic nitrogens is 2. The van der Waals surface area contributed by atoms with Gasteiger partial charge < -0.3 is 9.30 Å². The Balaban J connectivity index is 1.82. The summed E-state index contributed by atoms with van der Waals surface area (Å²) in [5.74, 6) is 0.803. The Hall–Kier alpha value is -2.29. The Bertz CT molecular complexity index is 1160. The van der Waals surface area contributed by atoms with Gasteiger partial charge in [-0.15, -0.1) is 0 Å². The molecule has 0 fully saturated rings. The van der Waals surface area contributed by atoms with Gasteiger partial charge in [-0.3, -0.25) is 0 Å². The SMILES string of the molecule is CCOCC(CC(C)C)N(C)S(=O)(=O)c1ccc(Cn2c(C)nc3cc(F)ccc32)cc1. The highest BCUT2D eigenvalue weighted by Crippen LogP contribution is 2.23. The number of halogens is 1. The van der Waals surface area contributed by atoms with E-state index in [2.05, 4.69) is 18.8 Å². The van der Waals surface area contributed by atoms with Crippen molar-refractivity contribution >= 4 is 21.1 Å². The van der Waals surface area contributed by atoms with Crippen LogP contribution in [0.1, 0.15) is 38.6 Å². The van der Waals surface area contributed by atoms with Crippen LogP contribution in [0.4, 0.5) is 4.39 Å². The van der Waals surface area contributed by atoms with E-state index < -0.39 is 10.0 Å². The molecule has 0 saturated carbocycles. The molecule has 1 aromatic heterocycles. The van der Waals surface area contributed by atoms with E-state index in [-0.39, 0.29) is 16.8 Å². The van der Waals surface area contributed by atoms with E-state index >= 15 is 0 Å². The normalized spacial score (nSPS) is 13.4. The molecule has 32 heavy (non-hydrogen) atoms. The molecular weight excluding hydrogens is 429 g/mol. The average molecular weight is 462 g/mol. The summed E-state index contributed by atoms with van der Waals surface area (Å²) in [7, 11) is -2.03. The van der Waals surface area contributed by atoms with Crippen LogP contribution in [-0.4, -0.2) is 48.6 Å². The van der Waals surface area contributed by atoms with Crippen molar-refractivity contribution in [2.45, 2.75) is 51.6 Å². The summed E-state index contributed by atoms with van der Waals surface area (Å²) in [6.45, 7) is 9.36. The van der Waals surface area contributed by atoms with E-state index in [4.69, 9.17) is 4.74 Å². The smallest absolute Gasteiger partial charge is 0.243 e. The summed E-state index contributed by atoms with van der Waals surface area (Å²) >= 11 is 0. The largest absolute Gasteiger partial charge is 0.380 e. The van der Waals surface area contributed by atoms with Gasteiger partial charge in [-0.1, -0.05) is 26.0 Å². The molecular formula is C24H32FN3O3S. The fourth-order valence-electron chi connectivity index (χ4n) is 3.85. The van der Waals surface area contributed by atoms with Crippen molar-refractivity contribution in [3.05, 3.63) is 59.7 Å². The maximum absolute atomic E-state index is 13.5. The summed E-state index contributed by atoms with van der Waals surface area (Å²) in [6, 6.07) is 11.2. The standard InChI is InChI=1S/C24H32FN3O3S/c1-6-31-16-21(13-17(2)3)27(5)32(29,30)22-10-7-19(8-11-22)15-28-18(4)26-23-14-20(25)9-12-24(23)28/h7-12,14,17,21H,6,13,15-16H2,1-5H3. The van der Waals surface area contributed by atoms with Crippen molar-refractivity contribution in [3.63, 3.8) is 0 Å². The summed E-state index contributed by atoms with van der Waals surface area (Å²) < 4.78 is 48.9. The molecule has 1 heterocycles. The van der Waals surface area contributed by atoms with Crippen LogP contribution >= 0.6 is 0 Å².